The molecule has 17 nitrogen and oxygen atoms in total. The third-order valence-corrected chi connectivity index (χ3v) is 9.39. The van der Waals surface area contributed by atoms with Gasteiger partial charge in [0.2, 0.25) is 0 Å². The number of carbonyl (C=O) groups is 2. The van der Waals surface area contributed by atoms with Gasteiger partial charge in [0.05, 0.1) is 30.6 Å². The Morgan fingerprint density at radius 2 is 1.22 bits per heavy atom. The molecule has 4 heterocycles. The van der Waals surface area contributed by atoms with Crippen molar-refractivity contribution in [3.8, 4) is 23.6 Å². The topological polar surface area (TPSA) is 223 Å². The van der Waals surface area contributed by atoms with Crippen LogP contribution in [-0.4, -0.2) is 89.5 Å². The Morgan fingerprint density at radius 1 is 0.776 bits per heavy atom. The zero-order valence-corrected chi connectivity index (χ0v) is 36.8. The van der Waals surface area contributed by atoms with E-state index in [0.29, 0.717) is 32.3 Å². The van der Waals surface area contributed by atoms with Gasteiger partial charge < -0.3 is 35.4 Å². The second kappa shape index (κ2) is 25.0. The first kappa shape index (κ1) is 45.7. The third kappa shape index (κ3) is 14.6. The molecular formula is C48H60F2N12O5. The minimum Gasteiger partial charge on any atom is -0.504 e. The van der Waals surface area contributed by atoms with Crippen LogP contribution in [0.2, 0.25) is 0 Å². The molecule has 0 aliphatic heterocycles. The van der Waals surface area contributed by atoms with Gasteiger partial charge in [-0.3, -0.25) is 19.0 Å². The fraction of sp³-hybridized carbons (Fsp3) is 0.333. The summed E-state index contributed by atoms with van der Waals surface area (Å²) in [5.41, 5.74) is 2.79. The number of aromatic hydroxyl groups is 1. The molecule has 0 radical (unpaired) electrons. The van der Waals surface area contributed by atoms with Gasteiger partial charge in [-0.15, -0.1) is 0 Å². The first-order valence-electron chi connectivity index (χ1n) is 22.6. The minimum absolute atomic E-state index is 0. The maximum absolute atomic E-state index is 14.2. The van der Waals surface area contributed by atoms with Gasteiger partial charge in [0.1, 0.15) is 41.3 Å². The van der Waals surface area contributed by atoms with Gasteiger partial charge in [0, 0.05) is 79.5 Å². The van der Waals surface area contributed by atoms with Gasteiger partial charge in [-0.25, -0.2) is 18.7 Å². The third-order valence-electron chi connectivity index (χ3n) is 9.39. The highest BCUT2D eigenvalue weighted by Gasteiger charge is 2.24. The molecule has 19 heteroatoms. The van der Waals surface area contributed by atoms with Crippen molar-refractivity contribution in [3.63, 3.8) is 0 Å². The number of carbonyl (C=O) groups excluding carboxylic acids is 2. The molecule has 6 aromatic rings. The number of aromatic nitrogens is 6. The summed E-state index contributed by atoms with van der Waals surface area (Å²) in [6, 6.07) is 16.9. The van der Waals surface area contributed by atoms with Crippen molar-refractivity contribution in [2.75, 3.05) is 38.8 Å². The van der Waals surface area contributed by atoms with Gasteiger partial charge >= 0.3 is 0 Å². The Morgan fingerprint density at radius 3 is 1.64 bits per heavy atom. The number of pyridine rings is 2. The number of aryl methyl sites for hydroxylation is 4. The van der Waals surface area contributed by atoms with E-state index in [1.54, 1.807) is 57.7 Å². The second-order valence-electron chi connectivity index (χ2n) is 14.6. The first-order chi connectivity index (χ1) is 33.2. The molecule has 4 N–H and O–H groups in total. The number of nitriles is 2. The van der Waals surface area contributed by atoms with Crippen LogP contribution in [0.5, 0.6) is 11.5 Å². The Bertz CT molecular complexity index is 2950. The van der Waals surface area contributed by atoms with E-state index in [1.807, 2.05) is 13.8 Å². The smallest absolute Gasteiger partial charge is 0.254 e. The summed E-state index contributed by atoms with van der Waals surface area (Å²) in [7, 11) is 6.38. The predicted octanol–water partition coefficient (Wildman–Crippen LogP) is 7.75. The fourth-order valence-corrected chi connectivity index (χ4v) is 6.17. The lowest BCUT2D eigenvalue weighted by Gasteiger charge is -2.22. The summed E-state index contributed by atoms with van der Waals surface area (Å²) in [6.07, 6.45) is 1.64. The van der Waals surface area contributed by atoms with Gasteiger partial charge in [0.15, 0.2) is 23.1 Å². The van der Waals surface area contributed by atoms with Crippen LogP contribution in [0.15, 0.2) is 73.1 Å². The highest BCUT2D eigenvalue weighted by atomic mass is 19.1. The number of anilines is 2. The zero-order valence-electron chi connectivity index (χ0n) is 42.8. The van der Waals surface area contributed by atoms with E-state index in [2.05, 4.69) is 30.8 Å². The molecule has 2 aromatic carbocycles. The maximum Gasteiger partial charge on any atom is 0.254 e. The molecule has 0 aliphatic rings. The number of aliphatic hydroxyl groups excluding tert-OH is 1. The van der Waals surface area contributed by atoms with E-state index >= 15 is 0 Å². The molecule has 0 saturated heterocycles. The first-order valence-corrected chi connectivity index (χ1v) is 19.6. The van der Waals surface area contributed by atoms with E-state index in [4.69, 9.17) is 23.3 Å². The molecule has 0 unspecified atom stereocenters. The average Bonchev–Trinajstić information content (AvgIpc) is 3.93. The van der Waals surface area contributed by atoms with E-state index in [-0.39, 0.29) is 73.2 Å². The maximum atomic E-state index is 14.2. The summed E-state index contributed by atoms with van der Waals surface area (Å²) >= 11 is 0. The number of aliphatic hydroxyl groups is 1. The standard InChI is InChI=1S/C23H25FN6O2.C16H17FN4O2.C7H10N2O.2CH4/c1-14-8-21(22(26-3)27-12-14)32-15(2)20-9-16(24)6-7-19(20)23(31)29(4)13-17-10-18(11-25)30(5)28-17;1-10(22)15-6-11(17)4-5-14(15)16(23)20(2)9-12-7-13(8-18)21(3)19-12;1-5-3-6(10)7(8-2)9-4-5;;/h6-10,12,15H,13H2,1-5H3,(H,26,27);4-7,10,22H,9H2,1-3H3;3-4,10H,1-2H3,(H,8,9);2*1H4/t15-;10-;;;/m10.../s1/i5D3;3D3;;;. The number of amides is 2. The molecule has 0 saturated carbocycles. The molecular weight excluding hydrogens is 863 g/mol. The zero-order chi connectivity index (χ0) is 53.1. The molecule has 0 fully saturated rings. The molecule has 2 amide bonds. The number of hydrogen-bond acceptors (Lipinski definition) is 13. The average molecular weight is 929 g/mol. The monoisotopic (exact) mass is 929 g/mol. The van der Waals surface area contributed by atoms with Crippen molar-refractivity contribution in [2.24, 2.45) is 14.0 Å². The molecule has 356 valence electrons. The molecule has 0 aliphatic carbocycles. The van der Waals surface area contributed by atoms with E-state index in [1.165, 1.54) is 67.2 Å². The van der Waals surface area contributed by atoms with Crippen molar-refractivity contribution in [1.82, 2.24) is 39.3 Å². The molecule has 6 rings (SSSR count). The van der Waals surface area contributed by atoms with Crippen molar-refractivity contribution < 1.29 is 41.5 Å². The highest BCUT2D eigenvalue weighted by molar-refractivity contribution is 5.96. The molecule has 4 aromatic heterocycles. The summed E-state index contributed by atoms with van der Waals surface area (Å²) in [6.45, 7) is 1.50. The Kier molecular flexibility index (Phi) is 17.0. The number of benzene rings is 2. The molecule has 2 atom stereocenters. The van der Waals surface area contributed by atoms with Gasteiger partial charge in [-0.2, -0.15) is 20.7 Å². The van der Waals surface area contributed by atoms with Crippen molar-refractivity contribution in [1.29, 1.82) is 10.5 Å². The summed E-state index contributed by atoms with van der Waals surface area (Å²) < 4.78 is 79.5. The summed E-state index contributed by atoms with van der Waals surface area (Å²) in [5.74, 6) is -0.377. The number of ether oxygens (including phenoxy) is 1. The van der Waals surface area contributed by atoms with Crippen LogP contribution < -0.4 is 15.4 Å². The van der Waals surface area contributed by atoms with Crippen LogP contribution in [0.25, 0.3) is 0 Å². The van der Waals surface area contributed by atoms with E-state index in [9.17, 15) is 28.7 Å². The Balaban J connectivity index is 0.000000421. The second-order valence-corrected chi connectivity index (χ2v) is 14.6. The lowest BCUT2D eigenvalue weighted by Crippen LogP contribution is -2.28. The molecule has 67 heavy (non-hydrogen) atoms. The number of halogens is 2. The lowest BCUT2D eigenvalue weighted by atomic mass is 10.0. The number of rotatable bonds is 12. The van der Waals surface area contributed by atoms with Crippen molar-refractivity contribution in [3.05, 3.63) is 141 Å². The van der Waals surface area contributed by atoms with Crippen LogP contribution in [0.4, 0.5) is 20.4 Å². The molecule has 0 spiro atoms. The minimum atomic E-state index is -2.63. The van der Waals surface area contributed by atoms with Crippen LogP contribution in [0.1, 0.15) is 115 Å². The quantitative estimate of drug-likeness (QED) is 0.0923. The summed E-state index contributed by atoms with van der Waals surface area (Å²) in [5, 5.41) is 50.7. The number of nitrogens with zero attached hydrogens (tertiary/aromatic N) is 10. The van der Waals surface area contributed by atoms with Crippen LogP contribution in [-0.2, 0) is 27.0 Å². The number of hydrogen-bond donors (Lipinski definition) is 4. The normalized spacial score (nSPS) is 12.7. The van der Waals surface area contributed by atoms with Crippen molar-refractivity contribution in [2.45, 2.75) is 67.8 Å². The van der Waals surface area contributed by atoms with Crippen LogP contribution in [0, 0.1) is 48.1 Å². The van der Waals surface area contributed by atoms with Gasteiger partial charge in [-0.05, 0) is 105 Å². The van der Waals surface area contributed by atoms with Crippen LogP contribution in [0.3, 0.4) is 0 Å². The van der Waals surface area contributed by atoms with Gasteiger partial charge in [0.25, 0.3) is 11.8 Å². The van der Waals surface area contributed by atoms with E-state index in [0.717, 1.165) is 23.3 Å². The largest absolute Gasteiger partial charge is 0.504 e. The molecule has 0 bridgehead atoms. The highest BCUT2D eigenvalue weighted by Crippen LogP contribution is 2.31. The predicted molar refractivity (Wildman–Crippen MR) is 252 cm³/mol. The van der Waals surface area contributed by atoms with Crippen molar-refractivity contribution >= 4 is 23.5 Å². The summed E-state index contributed by atoms with van der Waals surface area (Å²) in [4.78, 5) is 36.7. The fourth-order valence-electron chi connectivity index (χ4n) is 6.17. The lowest BCUT2D eigenvalue weighted by molar-refractivity contribution is 0.0771. The van der Waals surface area contributed by atoms with Crippen LogP contribution >= 0.6 is 0 Å². The van der Waals surface area contributed by atoms with Gasteiger partial charge in [-0.1, -0.05) is 14.9 Å². The SMILES string of the molecule is C.C.CNc1ncc(C)cc1O.[2H]C([2H])([2H])n1nc(CN(C)C(=O)c2ccc(F)cc2[C@@H](C)Oc2cc(C)cnc2NC)cc1C#N.[2H]C([2H])([2H])n1nc(CN(C)C(=O)c2ccc(F)cc2[C@H](C)O)cc1C#N. The number of nitrogens with one attached hydrogen (secondary N) is 2. The Hall–Kier alpha value is -7.90. The Labute approximate surface area is 399 Å². The van der Waals surface area contributed by atoms with E-state index < -0.39 is 49.6 Å².